The van der Waals surface area contributed by atoms with Gasteiger partial charge in [0.1, 0.15) is 11.7 Å². The Balaban J connectivity index is 0.792. The van der Waals surface area contributed by atoms with Crippen molar-refractivity contribution in [3.8, 4) is 11.3 Å². The molecule has 6 amide bonds. The number of carbonyl (C=O) groups excluding carboxylic acids is 6. The van der Waals surface area contributed by atoms with Crippen LogP contribution in [-0.4, -0.2) is 118 Å². The largest absolute Gasteiger partial charge is 0.382 e. The standard InChI is InChI=1S/C52H56N8O8/c1-32-37(8-6-10-39(32)55-46(62)34-16-18-36(19-17-34)52(2,3)4)42-31-57(5)50(66)41(54-42)30-33-12-14-35(15-13-33)48(64)59-25-23-58(24-26-59)27-29-68-28-22-53-40-11-7-9-38-45(40)51(67)60(49(38)65)43-20-21-44(61)56-47(43)63/h6-19,31,43,53H,20-30H2,1-5H3,(H,55,62)(H,56,61,63). The van der Waals surface area contributed by atoms with Crippen LogP contribution in [0.5, 0.6) is 0 Å². The van der Waals surface area contributed by atoms with E-state index in [0.717, 1.165) is 27.2 Å². The average Bonchev–Trinajstić information content (AvgIpc) is 3.58. The van der Waals surface area contributed by atoms with Crippen molar-refractivity contribution in [2.45, 2.75) is 58.4 Å². The molecule has 0 spiro atoms. The van der Waals surface area contributed by atoms with Crippen molar-refractivity contribution < 1.29 is 33.5 Å². The van der Waals surface area contributed by atoms with Crippen LogP contribution in [0.4, 0.5) is 11.4 Å². The van der Waals surface area contributed by atoms with E-state index in [4.69, 9.17) is 9.72 Å². The molecule has 68 heavy (non-hydrogen) atoms. The molecule has 16 nitrogen and oxygen atoms in total. The Kier molecular flexibility index (Phi) is 13.8. The minimum Gasteiger partial charge on any atom is -0.382 e. The third-order valence-corrected chi connectivity index (χ3v) is 12.8. The van der Waals surface area contributed by atoms with Gasteiger partial charge in [-0.2, -0.15) is 0 Å². The summed E-state index contributed by atoms with van der Waals surface area (Å²) < 4.78 is 7.40. The lowest BCUT2D eigenvalue weighted by atomic mass is 9.86. The van der Waals surface area contributed by atoms with Gasteiger partial charge in [-0.1, -0.05) is 63.2 Å². The van der Waals surface area contributed by atoms with Gasteiger partial charge >= 0.3 is 0 Å². The summed E-state index contributed by atoms with van der Waals surface area (Å²) in [7, 11) is 1.70. The highest BCUT2D eigenvalue weighted by Gasteiger charge is 2.45. The van der Waals surface area contributed by atoms with Gasteiger partial charge < -0.3 is 24.8 Å². The summed E-state index contributed by atoms with van der Waals surface area (Å²) >= 11 is 0. The van der Waals surface area contributed by atoms with Crippen LogP contribution in [0.1, 0.15) is 97.4 Å². The molecule has 1 unspecified atom stereocenters. The second-order valence-electron chi connectivity index (χ2n) is 18.5. The number of piperazine rings is 1. The van der Waals surface area contributed by atoms with Crippen molar-refractivity contribution in [2.75, 3.05) is 63.1 Å². The van der Waals surface area contributed by atoms with Crippen molar-refractivity contribution in [3.05, 3.63) is 146 Å². The van der Waals surface area contributed by atoms with Crippen molar-refractivity contribution in [1.82, 2.24) is 29.6 Å². The van der Waals surface area contributed by atoms with Gasteiger partial charge in [-0.25, -0.2) is 4.98 Å². The molecule has 3 aliphatic rings. The molecular weight excluding hydrogens is 865 g/mol. The zero-order chi connectivity index (χ0) is 48.3. The lowest BCUT2D eigenvalue weighted by molar-refractivity contribution is -0.136. The molecule has 3 N–H and O–H groups in total. The molecule has 5 aromatic rings. The smallest absolute Gasteiger partial charge is 0.272 e. The van der Waals surface area contributed by atoms with E-state index in [1.54, 1.807) is 43.6 Å². The molecule has 0 saturated carbocycles. The molecule has 3 aliphatic heterocycles. The van der Waals surface area contributed by atoms with Crippen molar-refractivity contribution >= 4 is 46.8 Å². The molecule has 2 saturated heterocycles. The maximum absolute atomic E-state index is 13.5. The number of hydrogen-bond acceptors (Lipinski definition) is 11. The predicted octanol–water partition coefficient (Wildman–Crippen LogP) is 5.18. The van der Waals surface area contributed by atoms with E-state index < -0.39 is 29.7 Å². The minimum atomic E-state index is -1.03. The quantitative estimate of drug-likeness (QED) is 0.0982. The van der Waals surface area contributed by atoms with Gasteiger partial charge in [-0.3, -0.25) is 48.7 Å². The maximum atomic E-state index is 13.5. The number of ether oxygens (including phenoxy) is 1. The molecule has 352 valence electrons. The third kappa shape index (κ3) is 10.2. The van der Waals surface area contributed by atoms with E-state index in [0.29, 0.717) is 86.4 Å². The number of aromatic nitrogens is 2. The van der Waals surface area contributed by atoms with Crippen LogP contribution in [0.25, 0.3) is 11.3 Å². The first-order valence-electron chi connectivity index (χ1n) is 22.9. The first-order chi connectivity index (χ1) is 32.6. The second kappa shape index (κ2) is 19.9. The zero-order valence-corrected chi connectivity index (χ0v) is 39.0. The van der Waals surface area contributed by atoms with E-state index in [2.05, 4.69) is 41.6 Å². The number of nitrogens with zero attached hydrogens (tertiary/aromatic N) is 5. The summed E-state index contributed by atoms with van der Waals surface area (Å²) in [4.78, 5) is 100. The van der Waals surface area contributed by atoms with Crippen LogP contribution in [0.2, 0.25) is 0 Å². The number of aryl methyl sites for hydroxylation is 1. The molecular formula is C52H56N8O8. The molecule has 0 radical (unpaired) electrons. The van der Waals surface area contributed by atoms with Gasteiger partial charge in [0.05, 0.1) is 30.0 Å². The van der Waals surface area contributed by atoms with Gasteiger partial charge in [-0.15, -0.1) is 0 Å². The number of carbonyl (C=O) groups is 6. The first kappa shape index (κ1) is 47.2. The van der Waals surface area contributed by atoms with Gasteiger partial charge in [0.15, 0.2) is 0 Å². The Morgan fingerprint density at radius 1 is 0.809 bits per heavy atom. The molecule has 1 atom stereocenters. The number of nitrogens with one attached hydrogen (secondary N) is 3. The second-order valence-corrected chi connectivity index (χ2v) is 18.5. The number of benzene rings is 4. The molecule has 4 aromatic carbocycles. The van der Waals surface area contributed by atoms with Crippen LogP contribution in [-0.2, 0) is 33.2 Å². The summed E-state index contributed by atoms with van der Waals surface area (Å²) in [5, 5.41) is 8.45. The fourth-order valence-corrected chi connectivity index (χ4v) is 8.81. The Hall–Kier alpha value is -7.30. The van der Waals surface area contributed by atoms with Crippen LogP contribution in [0.3, 0.4) is 0 Å². The minimum absolute atomic E-state index is 0.0222. The fourth-order valence-electron chi connectivity index (χ4n) is 8.81. The molecule has 1 aromatic heterocycles. The van der Waals surface area contributed by atoms with Crippen LogP contribution < -0.4 is 21.5 Å². The number of hydrogen-bond donors (Lipinski definition) is 3. The van der Waals surface area contributed by atoms with Crippen LogP contribution >= 0.6 is 0 Å². The Morgan fingerprint density at radius 3 is 2.18 bits per heavy atom. The van der Waals surface area contributed by atoms with E-state index >= 15 is 0 Å². The summed E-state index contributed by atoms with van der Waals surface area (Å²) in [5.74, 6) is -2.48. The highest BCUT2D eigenvalue weighted by Crippen LogP contribution is 2.33. The van der Waals surface area contributed by atoms with Crippen molar-refractivity contribution in [1.29, 1.82) is 0 Å². The Bertz CT molecular complexity index is 2840. The number of amides is 6. The number of fused-ring (bicyclic) bond motifs is 1. The average molecular weight is 921 g/mol. The van der Waals surface area contributed by atoms with Crippen molar-refractivity contribution in [3.63, 3.8) is 0 Å². The SMILES string of the molecule is Cc1c(NC(=O)c2ccc(C(C)(C)C)cc2)cccc1-c1cn(C)c(=O)c(Cc2ccc(C(=O)N3CCN(CCOCCNc4cccc5c4C(=O)N(C4CCC(=O)NC4=O)C5=O)CC3)cc2)n1. The van der Waals surface area contributed by atoms with E-state index in [1.165, 1.54) is 4.57 Å². The van der Waals surface area contributed by atoms with E-state index in [9.17, 15) is 33.6 Å². The summed E-state index contributed by atoms with van der Waals surface area (Å²) in [6.45, 7) is 12.7. The molecule has 2 fully saturated rings. The lowest BCUT2D eigenvalue weighted by Gasteiger charge is -2.34. The van der Waals surface area contributed by atoms with Crippen LogP contribution in [0.15, 0.2) is 95.9 Å². The topological polar surface area (TPSA) is 192 Å². The van der Waals surface area contributed by atoms with Gasteiger partial charge in [-0.05, 0) is 77.9 Å². The highest BCUT2D eigenvalue weighted by molar-refractivity contribution is 6.25. The molecule has 8 rings (SSSR count). The molecule has 16 heteroatoms. The summed E-state index contributed by atoms with van der Waals surface area (Å²) in [5.41, 5.74) is 6.98. The Morgan fingerprint density at radius 2 is 1.49 bits per heavy atom. The Labute approximate surface area is 394 Å². The number of imide groups is 2. The number of piperidine rings is 1. The summed E-state index contributed by atoms with van der Waals surface area (Å²) in [6.07, 6.45) is 2.11. The van der Waals surface area contributed by atoms with Gasteiger partial charge in [0, 0.05) is 93.4 Å². The molecule has 4 heterocycles. The highest BCUT2D eigenvalue weighted by atomic mass is 16.5. The number of rotatable bonds is 14. The molecule has 0 bridgehead atoms. The summed E-state index contributed by atoms with van der Waals surface area (Å²) in [6, 6.07) is 24.5. The predicted molar refractivity (Wildman–Crippen MR) is 257 cm³/mol. The van der Waals surface area contributed by atoms with Crippen LogP contribution in [0, 0.1) is 6.92 Å². The normalized spacial score (nSPS) is 16.5. The maximum Gasteiger partial charge on any atom is 0.272 e. The fraction of sp³-hybridized carbons (Fsp3) is 0.346. The number of anilines is 2. The molecule has 0 aliphatic carbocycles. The van der Waals surface area contributed by atoms with Gasteiger partial charge in [0.25, 0.3) is 29.2 Å². The van der Waals surface area contributed by atoms with Gasteiger partial charge in [0.2, 0.25) is 11.8 Å². The lowest BCUT2D eigenvalue weighted by Crippen LogP contribution is -2.54. The third-order valence-electron chi connectivity index (χ3n) is 12.8. The monoisotopic (exact) mass is 920 g/mol. The zero-order valence-electron chi connectivity index (χ0n) is 39.0. The van der Waals surface area contributed by atoms with E-state index in [-0.39, 0.29) is 53.2 Å². The van der Waals surface area contributed by atoms with E-state index in [1.807, 2.05) is 66.4 Å². The first-order valence-corrected chi connectivity index (χ1v) is 22.9. The van der Waals surface area contributed by atoms with Crippen molar-refractivity contribution in [2.24, 2.45) is 7.05 Å².